The lowest BCUT2D eigenvalue weighted by molar-refractivity contribution is -0.125. The summed E-state index contributed by atoms with van der Waals surface area (Å²) in [7, 11) is 0. The van der Waals surface area contributed by atoms with Gasteiger partial charge in [0.1, 0.15) is 11.3 Å². The summed E-state index contributed by atoms with van der Waals surface area (Å²) in [4.78, 5) is 24.3. The first kappa shape index (κ1) is 18.5. The zero-order valence-corrected chi connectivity index (χ0v) is 15.7. The first-order chi connectivity index (χ1) is 14.1. The summed E-state index contributed by atoms with van der Waals surface area (Å²) in [6, 6.07) is 17.8. The van der Waals surface area contributed by atoms with E-state index >= 15 is 0 Å². The van der Waals surface area contributed by atoms with Crippen molar-refractivity contribution in [2.24, 2.45) is 0 Å². The van der Waals surface area contributed by atoms with Crippen LogP contribution in [0, 0.1) is 0 Å². The van der Waals surface area contributed by atoms with E-state index in [1.165, 1.54) is 0 Å². The molecule has 0 aliphatic heterocycles. The number of nitrogens with one attached hydrogen (secondary N) is 1. The number of benzene rings is 2. The maximum atomic E-state index is 12.2. The topological polar surface area (TPSA) is 86.4 Å². The van der Waals surface area contributed by atoms with Gasteiger partial charge in [0, 0.05) is 17.8 Å². The number of amides is 1. The van der Waals surface area contributed by atoms with Gasteiger partial charge in [-0.15, -0.1) is 0 Å². The van der Waals surface area contributed by atoms with Crippen molar-refractivity contribution in [3.05, 3.63) is 84.4 Å². The van der Waals surface area contributed by atoms with Gasteiger partial charge in [-0.25, -0.2) is 9.48 Å². The Hall–Kier alpha value is -3.87. The fraction of sp³-hybridized carbons (Fsp3) is 0.136. The summed E-state index contributed by atoms with van der Waals surface area (Å²) >= 11 is 0. The highest BCUT2D eigenvalue weighted by molar-refractivity contribution is 5.91. The molecule has 146 valence electrons. The van der Waals surface area contributed by atoms with Crippen LogP contribution in [0.15, 0.2) is 77.5 Å². The zero-order valence-electron chi connectivity index (χ0n) is 15.7. The van der Waals surface area contributed by atoms with Crippen molar-refractivity contribution < 1.29 is 18.7 Å². The number of esters is 1. The van der Waals surface area contributed by atoms with Crippen LogP contribution in [0.2, 0.25) is 0 Å². The lowest BCUT2D eigenvalue weighted by Crippen LogP contribution is -2.31. The van der Waals surface area contributed by atoms with Gasteiger partial charge in [-0.3, -0.25) is 4.79 Å². The van der Waals surface area contributed by atoms with Crippen molar-refractivity contribution in [3.8, 4) is 5.69 Å². The van der Waals surface area contributed by atoms with Gasteiger partial charge >= 0.3 is 5.97 Å². The maximum absolute atomic E-state index is 12.2. The highest BCUT2D eigenvalue weighted by Crippen LogP contribution is 2.23. The molecule has 0 aliphatic rings. The molecule has 4 aromatic rings. The zero-order chi connectivity index (χ0) is 20.2. The molecule has 2 aromatic carbocycles. The monoisotopic (exact) mass is 389 g/mol. The van der Waals surface area contributed by atoms with Crippen LogP contribution >= 0.6 is 0 Å². The minimum Gasteiger partial charge on any atom is -0.459 e. The Kier molecular flexibility index (Phi) is 5.11. The molecule has 0 saturated heterocycles. The van der Waals surface area contributed by atoms with E-state index < -0.39 is 11.9 Å². The van der Waals surface area contributed by atoms with Crippen molar-refractivity contribution in [1.29, 1.82) is 0 Å². The number of hydrogen-bond donors (Lipinski definition) is 1. The number of carbonyl (C=O) groups is 2. The lowest BCUT2D eigenvalue weighted by atomic mass is 10.2. The van der Waals surface area contributed by atoms with Crippen LogP contribution < -0.4 is 5.32 Å². The summed E-state index contributed by atoms with van der Waals surface area (Å²) in [5.41, 5.74) is 1.94. The van der Waals surface area contributed by atoms with Crippen LogP contribution in [0.1, 0.15) is 29.1 Å². The third-order valence-electron chi connectivity index (χ3n) is 4.46. The molecule has 1 atom stereocenters. The minimum atomic E-state index is -0.566. The van der Waals surface area contributed by atoms with Crippen molar-refractivity contribution in [2.75, 3.05) is 6.61 Å². The van der Waals surface area contributed by atoms with Crippen LogP contribution in [0.4, 0.5) is 0 Å². The van der Waals surface area contributed by atoms with Crippen LogP contribution in [0.3, 0.4) is 0 Å². The molecule has 0 aliphatic carbocycles. The summed E-state index contributed by atoms with van der Waals surface area (Å²) in [6.07, 6.45) is 3.48. The standard InChI is InChI=1S/C22H19N3O4/c1-15(20-13-17-5-2-3-6-19(17)29-20)24-21(26)14-28-22(27)16-7-9-18(10-8-16)25-12-4-11-23-25/h2-13,15H,14H2,1H3,(H,24,26)/t15-/m1/s1. The van der Waals surface area contributed by atoms with Gasteiger partial charge in [-0.05, 0) is 49.4 Å². The summed E-state index contributed by atoms with van der Waals surface area (Å²) in [5.74, 6) is -0.330. The number of furan rings is 1. The van der Waals surface area contributed by atoms with Crippen molar-refractivity contribution in [1.82, 2.24) is 15.1 Å². The van der Waals surface area contributed by atoms with Gasteiger partial charge in [0.25, 0.3) is 5.91 Å². The van der Waals surface area contributed by atoms with Crippen molar-refractivity contribution in [2.45, 2.75) is 13.0 Å². The fourth-order valence-corrected chi connectivity index (χ4v) is 2.96. The maximum Gasteiger partial charge on any atom is 0.338 e. The fourth-order valence-electron chi connectivity index (χ4n) is 2.96. The molecule has 0 radical (unpaired) electrons. The Morgan fingerprint density at radius 1 is 1.14 bits per heavy atom. The van der Waals surface area contributed by atoms with Crippen LogP contribution in [-0.2, 0) is 9.53 Å². The van der Waals surface area contributed by atoms with Gasteiger partial charge in [-0.1, -0.05) is 18.2 Å². The largest absolute Gasteiger partial charge is 0.459 e. The van der Waals surface area contributed by atoms with Gasteiger partial charge in [0.2, 0.25) is 0 Å². The highest BCUT2D eigenvalue weighted by atomic mass is 16.5. The second kappa shape index (κ2) is 8.02. The highest BCUT2D eigenvalue weighted by Gasteiger charge is 2.16. The number of rotatable bonds is 6. The smallest absolute Gasteiger partial charge is 0.338 e. The molecule has 7 heteroatoms. The van der Waals surface area contributed by atoms with Gasteiger partial charge < -0.3 is 14.5 Å². The molecule has 29 heavy (non-hydrogen) atoms. The predicted octanol–water partition coefficient (Wildman–Crippen LogP) is 3.65. The van der Waals surface area contributed by atoms with E-state index in [1.807, 2.05) is 43.3 Å². The van der Waals surface area contributed by atoms with Crippen molar-refractivity contribution in [3.63, 3.8) is 0 Å². The van der Waals surface area contributed by atoms with E-state index in [-0.39, 0.29) is 12.6 Å². The predicted molar refractivity (Wildman–Crippen MR) is 107 cm³/mol. The number of ether oxygens (including phenoxy) is 1. The van der Waals surface area contributed by atoms with E-state index in [9.17, 15) is 9.59 Å². The molecule has 0 saturated carbocycles. The Labute approximate surface area is 166 Å². The summed E-state index contributed by atoms with van der Waals surface area (Å²) in [6.45, 7) is 1.44. The van der Waals surface area contributed by atoms with Crippen LogP contribution in [-0.4, -0.2) is 28.3 Å². The number of hydrogen-bond acceptors (Lipinski definition) is 5. The van der Waals surface area contributed by atoms with Gasteiger partial charge in [-0.2, -0.15) is 5.10 Å². The summed E-state index contributed by atoms with van der Waals surface area (Å²) in [5, 5.41) is 7.86. The number of fused-ring (bicyclic) bond motifs is 1. The second-order valence-electron chi connectivity index (χ2n) is 6.55. The second-order valence-corrected chi connectivity index (χ2v) is 6.55. The average molecular weight is 389 g/mol. The molecule has 0 bridgehead atoms. The number of aromatic nitrogens is 2. The van der Waals surface area contributed by atoms with Crippen LogP contribution in [0.25, 0.3) is 16.7 Å². The normalized spacial score (nSPS) is 11.9. The molecular formula is C22H19N3O4. The molecule has 1 N–H and O–H groups in total. The molecule has 0 unspecified atom stereocenters. The molecule has 4 rings (SSSR count). The van der Waals surface area contributed by atoms with Gasteiger partial charge in [0.05, 0.1) is 17.3 Å². The van der Waals surface area contributed by atoms with E-state index in [2.05, 4.69) is 10.4 Å². The number of para-hydroxylation sites is 1. The van der Waals surface area contributed by atoms with Crippen LogP contribution in [0.5, 0.6) is 0 Å². The van der Waals surface area contributed by atoms with E-state index in [0.29, 0.717) is 11.3 Å². The molecule has 0 fully saturated rings. The Morgan fingerprint density at radius 3 is 2.66 bits per heavy atom. The van der Waals surface area contributed by atoms with E-state index in [1.54, 1.807) is 41.3 Å². The van der Waals surface area contributed by atoms with E-state index in [4.69, 9.17) is 9.15 Å². The molecular weight excluding hydrogens is 370 g/mol. The third kappa shape index (κ3) is 4.19. The first-order valence-electron chi connectivity index (χ1n) is 9.15. The minimum absolute atomic E-state index is 0.345. The first-order valence-corrected chi connectivity index (χ1v) is 9.15. The number of carbonyl (C=O) groups excluding carboxylic acids is 2. The molecule has 2 heterocycles. The van der Waals surface area contributed by atoms with E-state index in [0.717, 1.165) is 16.7 Å². The SMILES string of the molecule is C[C@@H](NC(=O)COC(=O)c1ccc(-n2cccn2)cc1)c1cc2ccccc2o1. The molecule has 0 spiro atoms. The molecule has 2 aromatic heterocycles. The van der Waals surface area contributed by atoms with Crippen molar-refractivity contribution >= 4 is 22.8 Å². The molecule has 1 amide bonds. The Bertz CT molecular complexity index is 1100. The quantitative estimate of drug-likeness (QED) is 0.509. The third-order valence-corrected chi connectivity index (χ3v) is 4.46. The van der Waals surface area contributed by atoms with Gasteiger partial charge in [0.15, 0.2) is 6.61 Å². The Balaban J connectivity index is 1.31. The number of nitrogens with zero attached hydrogens (tertiary/aromatic N) is 2. The summed E-state index contributed by atoms with van der Waals surface area (Å²) < 4.78 is 12.5. The Morgan fingerprint density at radius 2 is 1.93 bits per heavy atom. The lowest BCUT2D eigenvalue weighted by Gasteiger charge is -2.11. The average Bonchev–Trinajstić information content (AvgIpc) is 3.42. The molecule has 7 nitrogen and oxygen atoms in total.